The quantitative estimate of drug-likeness (QED) is 0.314. The fourth-order valence-corrected chi connectivity index (χ4v) is 4.29. The van der Waals surface area contributed by atoms with Gasteiger partial charge in [-0.1, -0.05) is 72.8 Å². The van der Waals surface area contributed by atoms with Gasteiger partial charge in [-0.3, -0.25) is 4.98 Å². The summed E-state index contributed by atoms with van der Waals surface area (Å²) in [5.74, 6) is 0.712. The summed E-state index contributed by atoms with van der Waals surface area (Å²) in [7, 11) is 0. The molecule has 0 saturated heterocycles. The largest absolute Gasteiger partial charge is 0.255 e. The van der Waals surface area contributed by atoms with Crippen molar-refractivity contribution in [1.29, 1.82) is 0 Å². The van der Waals surface area contributed by atoms with Gasteiger partial charge in [0.1, 0.15) is 0 Å². The summed E-state index contributed by atoms with van der Waals surface area (Å²) in [5.41, 5.74) is 2.70. The number of rotatable bonds is 2. The third-order valence-electron chi connectivity index (χ3n) is 5.59. The van der Waals surface area contributed by atoms with Crippen molar-refractivity contribution >= 4 is 32.3 Å². The Morgan fingerprint density at radius 1 is 0.433 bits per heavy atom. The van der Waals surface area contributed by atoms with Crippen LogP contribution in [0.25, 0.3) is 55.1 Å². The predicted molar refractivity (Wildman–Crippen MR) is 123 cm³/mol. The van der Waals surface area contributed by atoms with Gasteiger partial charge < -0.3 is 0 Å². The van der Waals surface area contributed by atoms with E-state index in [2.05, 4.69) is 76.7 Å². The van der Waals surface area contributed by atoms with Crippen LogP contribution in [-0.4, -0.2) is 15.0 Å². The van der Waals surface area contributed by atoms with E-state index in [-0.39, 0.29) is 0 Å². The second-order valence-corrected chi connectivity index (χ2v) is 7.30. The molecule has 0 N–H and O–H groups in total. The smallest absolute Gasteiger partial charge is 0.160 e. The summed E-state index contributed by atoms with van der Waals surface area (Å²) in [5, 5.41) is 7.37. The third-order valence-corrected chi connectivity index (χ3v) is 5.59. The Bertz CT molecular complexity index is 1490. The maximum atomic E-state index is 4.88. The predicted octanol–water partition coefficient (Wildman–Crippen LogP) is 6.67. The van der Waals surface area contributed by atoms with Gasteiger partial charge in [0.25, 0.3) is 0 Å². The highest BCUT2D eigenvalue weighted by atomic mass is 14.9. The summed E-state index contributed by atoms with van der Waals surface area (Å²) in [6.07, 6.45) is 3.60. The first-order valence-corrected chi connectivity index (χ1v) is 9.97. The van der Waals surface area contributed by atoms with E-state index in [9.17, 15) is 0 Å². The molecule has 0 aliphatic heterocycles. The van der Waals surface area contributed by atoms with Crippen LogP contribution in [0.5, 0.6) is 0 Å². The van der Waals surface area contributed by atoms with Crippen LogP contribution < -0.4 is 0 Å². The monoisotopic (exact) mass is 383 g/mol. The van der Waals surface area contributed by atoms with Gasteiger partial charge >= 0.3 is 0 Å². The van der Waals surface area contributed by atoms with Gasteiger partial charge in [-0.05, 0) is 45.1 Å². The molecule has 0 fully saturated rings. The highest BCUT2D eigenvalue weighted by molar-refractivity contribution is 6.28. The molecule has 140 valence electrons. The molecule has 0 bridgehead atoms. The van der Waals surface area contributed by atoms with Crippen LogP contribution in [-0.2, 0) is 0 Å². The van der Waals surface area contributed by atoms with E-state index in [1.807, 2.05) is 30.5 Å². The van der Waals surface area contributed by atoms with E-state index in [1.54, 1.807) is 6.20 Å². The van der Waals surface area contributed by atoms with Crippen LogP contribution in [0.2, 0.25) is 0 Å². The molecule has 3 heteroatoms. The van der Waals surface area contributed by atoms with Gasteiger partial charge in [-0.15, -0.1) is 0 Å². The average molecular weight is 383 g/mol. The fraction of sp³-hybridized carbons (Fsp3) is 0. The Balaban J connectivity index is 1.72. The van der Waals surface area contributed by atoms with Crippen molar-refractivity contribution in [1.82, 2.24) is 15.0 Å². The van der Waals surface area contributed by atoms with Crippen molar-refractivity contribution in [2.75, 3.05) is 0 Å². The van der Waals surface area contributed by atoms with Crippen molar-refractivity contribution < 1.29 is 0 Å². The summed E-state index contributed by atoms with van der Waals surface area (Å²) in [6, 6.07) is 31.3. The highest BCUT2D eigenvalue weighted by Crippen LogP contribution is 2.39. The summed E-state index contributed by atoms with van der Waals surface area (Å²) < 4.78 is 0. The molecule has 6 rings (SSSR count). The van der Waals surface area contributed by atoms with Gasteiger partial charge in [0.15, 0.2) is 5.82 Å². The Hall–Kier alpha value is -4.11. The lowest BCUT2D eigenvalue weighted by molar-refractivity contribution is 1.16. The van der Waals surface area contributed by atoms with E-state index in [0.717, 1.165) is 17.0 Å². The zero-order valence-corrected chi connectivity index (χ0v) is 16.2. The van der Waals surface area contributed by atoms with Crippen molar-refractivity contribution in [3.05, 3.63) is 103 Å². The number of benzene rings is 4. The van der Waals surface area contributed by atoms with Crippen molar-refractivity contribution in [2.45, 2.75) is 0 Å². The maximum Gasteiger partial charge on any atom is 0.160 e. The molecule has 0 atom stereocenters. The molecule has 0 unspecified atom stereocenters. The van der Waals surface area contributed by atoms with Crippen molar-refractivity contribution in [3.63, 3.8) is 0 Å². The molecule has 0 aliphatic rings. The van der Waals surface area contributed by atoms with Crippen LogP contribution in [0.1, 0.15) is 0 Å². The van der Waals surface area contributed by atoms with Crippen LogP contribution in [0.4, 0.5) is 0 Å². The minimum atomic E-state index is 0.712. The first kappa shape index (κ1) is 16.8. The molecule has 2 heterocycles. The fourth-order valence-electron chi connectivity index (χ4n) is 4.29. The Morgan fingerprint density at radius 2 is 1.07 bits per heavy atom. The Kier molecular flexibility index (Phi) is 3.78. The lowest BCUT2D eigenvalue weighted by atomic mass is 9.91. The zero-order chi connectivity index (χ0) is 19.9. The first-order valence-electron chi connectivity index (χ1n) is 9.97. The van der Waals surface area contributed by atoms with E-state index in [4.69, 9.17) is 4.98 Å². The first-order chi connectivity index (χ1) is 14.9. The van der Waals surface area contributed by atoms with Gasteiger partial charge in [-0.25, -0.2) is 9.97 Å². The highest BCUT2D eigenvalue weighted by Gasteiger charge is 2.14. The van der Waals surface area contributed by atoms with Crippen LogP contribution >= 0.6 is 0 Å². The standard InChI is InChI=1S/C27H17N3/c1-2-9-20-18(8-1)19-10-3-4-11-21(19)26-22(20)12-7-13-23(26)27-29-17-15-25(30-27)24-14-5-6-16-28-24/h1-17H. The zero-order valence-electron chi connectivity index (χ0n) is 16.2. The SMILES string of the molecule is c1ccc(-c2ccnc(-c3cccc4c5ccccc5c5ccccc5c34)n2)nc1. The minimum absolute atomic E-state index is 0.712. The number of hydrogen-bond acceptors (Lipinski definition) is 3. The number of hydrogen-bond donors (Lipinski definition) is 0. The van der Waals surface area contributed by atoms with Gasteiger partial charge in [-0.2, -0.15) is 0 Å². The molecule has 3 nitrogen and oxygen atoms in total. The number of nitrogens with zero attached hydrogens (tertiary/aromatic N) is 3. The van der Waals surface area contributed by atoms with Gasteiger partial charge in [0, 0.05) is 23.3 Å². The second kappa shape index (κ2) is 6.75. The molecule has 4 aromatic carbocycles. The van der Waals surface area contributed by atoms with E-state index in [0.29, 0.717) is 5.82 Å². The Morgan fingerprint density at radius 3 is 1.77 bits per heavy atom. The average Bonchev–Trinajstić information content (AvgIpc) is 2.84. The molecule has 0 aliphatic carbocycles. The molecular weight excluding hydrogens is 366 g/mol. The van der Waals surface area contributed by atoms with Crippen LogP contribution in [0.3, 0.4) is 0 Å². The maximum absolute atomic E-state index is 4.88. The molecular formula is C27H17N3. The van der Waals surface area contributed by atoms with Crippen molar-refractivity contribution in [2.24, 2.45) is 0 Å². The number of fused-ring (bicyclic) bond motifs is 6. The second-order valence-electron chi connectivity index (χ2n) is 7.30. The summed E-state index contributed by atoms with van der Waals surface area (Å²) in [4.78, 5) is 14.0. The molecule has 0 saturated carbocycles. The van der Waals surface area contributed by atoms with Gasteiger partial charge in [0.05, 0.1) is 11.4 Å². The molecule has 6 aromatic rings. The normalized spacial score (nSPS) is 11.3. The Labute approximate surface area is 173 Å². The van der Waals surface area contributed by atoms with Gasteiger partial charge in [0.2, 0.25) is 0 Å². The van der Waals surface area contributed by atoms with E-state index in [1.165, 1.54) is 32.3 Å². The van der Waals surface area contributed by atoms with Crippen LogP contribution in [0.15, 0.2) is 103 Å². The summed E-state index contributed by atoms with van der Waals surface area (Å²) in [6.45, 7) is 0. The van der Waals surface area contributed by atoms with E-state index < -0.39 is 0 Å². The number of aromatic nitrogens is 3. The molecule has 0 amide bonds. The summed E-state index contributed by atoms with van der Waals surface area (Å²) >= 11 is 0. The lowest BCUT2D eigenvalue weighted by Gasteiger charge is -2.13. The molecule has 0 spiro atoms. The lowest BCUT2D eigenvalue weighted by Crippen LogP contribution is -1.94. The van der Waals surface area contributed by atoms with E-state index >= 15 is 0 Å². The molecule has 0 radical (unpaired) electrons. The van der Waals surface area contributed by atoms with Crippen LogP contribution in [0, 0.1) is 0 Å². The van der Waals surface area contributed by atoms with Crippen molar-refractivity contribution in [3.8, 4) is 22.8 Å². The molecule has 2 aromatic heterocycles. The minimum Gasteiger partial charge on any atom is -0.255 e. The number of pyridine rings is 1. The molecule has 30 heavy (non-hydrogen) atoms. The topological polar surface area (TPSA) is 38.7 Å². The third kappa shape index (κ3) is 2.56.